The van der Waals surface area contributed by atoms with E-state index in [0.717, 1.165) is 10.5 Å². The van der Waals surface area contributed by atoms with Crippen LogP contribution in [0.1, 0.15) is 18.1 Å². The van der Waals surface area contributed by atoms with Gasteiger partial charge < -0.3 is 9.47 Å². The second-order valence-corrected chi connectivity index (χ2v) is 8.04. The molecule has 0 aliphatic heterocycles. The van der Waals surface area contributed by atoms with Gasteiger partial charge >= 0.3 is 0 Å². The number of nitrogens with one attached hydrogen (secondary N) is 1. The maximum atomic E-state index is 13.8. The molecule has 0 unspecified atom stereocenters. The first-order valence-corrected chi connectivity index (χ1v) is 11.2. The molecule has 0 aliphatic rings. The summed E-state index contributed by atoms with van der Waals surface area (Å²) in [6.45, 7) is 2.39. The van der Waals surface area contributed by atoms with Gasteiger partial charge in [-0.1, -0.05) is 29.8 Å². The normalized spacial score (nSPS) is 10.8. The molecule has 3 aromatic rings. The smallest absolute Gasteiger partial charge is 0.250 e. The van der Waals surface area contributed by atoms with Gasteiger partial charge in [-0.3, -0.25) is 4.79 Å². The highest BCUT2D eigenvalue weighted by molar-refractivity contribution is 8.00. The first-order chi connectivity index (χ1) is 15.5. The Labute approximate surface area is 195 Å². The van der Waals surface area contributed by atoms with Crippen LogP contribution in [0.25, 0.3) is 0 Å². The predicted octanol–water partition coefficient (Wildman–Crippen LogP) is 5.70. The number of rotatable bonds is 10. The number of amides is 1. The molecule has 0 atom stereocenters. The van der Waals surface area contributed by atoms with Crippen molar-refractivity contribution in [2.75, 3.05) is 12.4 Å². The molecule has 1 N–H and O–H groups in total. The Morgan fingerprint density at radius 3 is 2.62 bits per heavy atom. The van der Waals surface area contributed by atoms with Gasteiger partial charge in [0.2, 0.25) is 5.91 Å². The van der Waals surface area contributed by atoms with Crippen LogP contribution in [0, 0.1) is 5.82 Å². The highest BCUT2D eigenvalue weighted by Crippen LogP contribution is 2.29. The Balaban J connectivity index is 1.55. The summed E-state index contributed by atoms with van der Waals surface area (Å²) in [7, 11) is 0. The van der Waals surface area contributed by atoms with Crippen molar-refractivity contribution in [1.29, 1.82) is 0 Å². The second kappa shape index (κ2) is 12.1. The van der Waals surface area contributed by atoms with Gasteiger partial charge in [0.15, 0.2) is 11.5 Å². The van der Waals surface area contributed by atoms with E-state index in [1.165, 1.54) is 24.0 Å². The van der Waals surface area contributed by atoms with Crippen molar-refractivity contribution in [2.24, 2.45) is 5.10 Å². The molecule has 8 heteroatoms. The number of carbonyl (C=O) groups excluding carboxylic acids is 1. The topological polar surface area (TPSA) is 59.9 Å². The van der Waals surface area contributed by atoms with Gasteiger partial charge in [-0.25, -0.2) is 9.82 Å². The number of benzene rings is 3. The Hall–Kier alpha value is -3.03. The molecular formula is C24H22ClFN2O3S. The minimum absolute atomic E-state index is 0.0848. The second-order valence-electron chi connectivity index (χ2n) is 6.56. The molecule has 0 heterocycles. The van der Waals surface area contributed by atoms with E-state index in [0.29, 0.717) is 28.7 Å². The van der Waals surface area contributed by atoms with Gasteiger partial charge in [-0.05, 0) is 61.0 Å². The molecule has 0 bridgehead atoms. The number of hydrogen-bond acceptors (Lipinski definition) is 5. The van der Waals surface area contributed by atoms with Gasteiger partial charge in [0, 0.05) is 15.5 Å². The number of thioether (sulfide) groups is 1. The molecule has 0 aliphatic carbocycles. The lowest BCUT2D eigenvalue weighted by Gasteiger charge is -2.13. The van der Waals surface area contributed by atoms with E-state index in [-0.39, 0.29) is 24.1 Å². The van der Waals surface area contributed by atoms with Gasteiger partial charge in [0.05, 0.1) is 18.6 Å². The Morgan fingerprint density at radius 1 is 1.09 bits per heavy atom. The first kappa shape index (κ1) is 23.6. The van der Waals surface area contributed by atoms with Gasteiger partial charge in [-0.2, -0.15) is 5.10 Å². The summed E-state index contributed by atoms with van der Waals surface area (Å²) in [6.07, 6.45) is 1.52. The van der Waals surface area contributed by atoms with Crippen LogP contribution in [0.3, 0.4) is 0 Å². The molecule has 5 nitrogen and oxygen atoms in total. The van der Waals surface area contributed by atoms with Crippen LogP contribution >= 0.6 is 23.4 Å². The number of hydrazone groups is 1. The van der Waals surface area contributed by atoms with Crippen molar-refractivity contribution in [3.63, 3.8) is 0 Å². The van der Waals surface area contributed by atoms with Crippen molar-refractivity contribution < 1.29 is 18.7 Å². The summed E-state index contributed by atoms with van der Waals surface area (Å²) in [5, 5.41) is 4.65. The van der Waals surface area contributed by atoms with Crippen LogP contribution in [0.2, 0.25) is 5.02 Å². The first-order valence-electron chi connectivity index (χ1n) is 9.88. The monoisotopic (exact) mass is 472 g/mol. The fraction of sp³-hybridized carbons (Fsp3) is 0.167. The summed E-state index contributed by atoms with van der Waals surface area (Å²) < 4.78 is 25.2. The molecule has 0 saturated carbocycles. The third-order valence-corrected chi connectivity index (χ3v) is 5.46. The molecule has 0 saturated heterocycles. The fourth-order valence-corrected chi connectivity index (χ4v) is 3.47. The Kier molecular flexibility index (Phi) is 8.95. The molecule has 3 aromatic carbocycles. The van der Waals surface area contributed by atoms with E-state index < -0.39 is 0 Å². The van der Waals surface area contributed by atoms with Crippen molar-refractivity contribution in [2.45, 2.75) is 18.4 Å². The van der Waals surface area contributed by atoms with E-state index in [4.69, 9.17) is 21.1 Å². The quantitative estimate of drug-likeness (QED) is 0.233. The molecule has 32 heavy (non-hydrogen) atoms. The molecule has 0 fully saturated rings. The van der Waals surface area contributed by atoms with Crippen LogP contribution in [0.15, 0.2) is 76.7 Å². The highest BCUT2D eigenvalue weighted by atomic mass is 35.5. The largest absolute Gasteiger partial charge is 0.490 e. The molecular weight excluding hydrogens is 451 g/mol. The average Bonchev–Trinajstić information content (AvgIpc) is 2.79. The Morgan fingerprint density at radius 2 is 1.88 bits per heavy atom. The van der Waals surface area contributed by atoms with E-state index in [1.807, 2.05) is 19.1 Å². The van der Waals surface area contributed by atoms with Crippen molar-refractivity contribution in [3.8, 4) is 11.5 Å². The van der Waals surface area contributed by atoms with Crippen LogP contribution in [-0.2, 0) is 11.4 Å². The summed E-state index contributed by atoms with van der Waals surface area (Å²) in [5.74, 6) is 0.690. The van der Waals surface area contributed by atoms with E-state index >= 15 is 0 Å². The minimum Gasteiger partial charge on any atom is -0.490 e. The van der Waals surface area contributed by atoms with Crippen LogP contribution in [-0.4, -0.2) is 24.5 Å². The summed E-state index contributed by atoms with van der Waals surface area (Å²) in [5.41, 5.74) is 3.68. The van der Waals surface area contributed by atoms with E-state index in [1.54, 1.807) is 48.5 Å². The molecule has 166 valence electrons. The van der Waals surface area contributed by atoms with Gasteiger partial charge in [0.25, 0.3) is 0 Å². The summed E-state index contributed by atoms with van der Waals surface area (Å²) >= 11 is 7.25. The number of halogens is 2. The number of carbonyl (C=O) groups is 1. The maximum absolute atomic E-state index is 13.8. The van der Waals surface area contributed by atoms with Crippen molar-refractivity contribution in [3.05, 3.63) is 88.7 Å². The number of ether oxygens (including phenoxy) is 2. The lowest BCUT2D eigenvalue weighted by atomic mass is 10.2. The van der Waals surface area contributed by atoms with Crippen LogP contribution in [0.5, 0.6) is 11.5 Å². The Bertz CT molecular complexity index is 1080. The third kappa shape index (κ3) is 7.28. The zero-order chi connectivity index (χ0) is 22.8. The van der Waals surface area contributed by atoms with Crippen molar-refractivity contribution >= 4 is 35.5 Å². The lowest BCUT2D eigenvalue weighted by Crippen LogP contribution is -2.19. The van der Waals surface area contributed by atoms with Crippen LogP contribution in [0.4, 0.5) is 4.39 Å². The SMILES string of the molecule is CCOc1cc(/C=N\NC(=O)CSc2ccc(Cl)cc2)ccc1OCc1ccccc1F. The minimum atomic E-state index is -0.320. The lowest BCUT2D eigenvalue weighted by molar-refractivity contribution is -0.118. The number of hydrogen-bond donors (Lipinski definition) is 1. The fourth-order valence-electron chi connectivity index (χ4n) is 2.65. The standard InChI is InChI=1S/C24H22ClFN2O3S/c1-2-30-23-13-17(7-12-22(23)31-15-18-5-3-4-6-21(18)26)14-27-28-24(29)16-32-20-10-8-19(25)9-11-20/h3-14H,2,15-16H2,1H3,(H,28,29)/b27-14-. The van der Waals surface area contributed by atoms with Crippen molar-refractivity contribution in [1.82, 2.24) is 5.43 Å². The van der Waals surface area contributed by atoms with Gasteiger partial charge in [0.1, 0.15) is 12.4 Å². The summed E-state index contributed by atoms with van der Waals surface area (Å²) in [6, 6.07) is 19.0. The highest BCUT2D eigenvalue weighted by Gasteiger charge is 2.08. The average molecular weight is 473 g/mol. The summed E-state index contributed by atoms with van der Waals surface area (Å²) in [4.78, 5) is 12.9. The molecule has 0 spiro atoms. The zero-order valence-corrected chi connectivity index (χ0v) is 19.0. The molecule has 3 rings (SSSR count). The van der Waals surface area contributed by atoms with E-state index in [9.17, 15) is 9.18 Å². The zero-order valence-electron chi connectivity index (χ0n) is 17.4. The molecule has 0 radical (unpaired) electrons. The maximum Gasteiger partial charge on any atom is 0.250 e. The van der Waals surface area contributed by atoms with E-state index in [2.05, 4.69) is 10.5 Å². The molecule has 1 amide bonds. The van der Waals surface area contributed by atoms with Gasteiger partial charge in [-0.15, -0.1) is 11.8 Å². The van der Waals surface area contributed by atoms with Crippen LogP contribution < -0.4 is 14.9 Å². The number of nitrogens with zero attached hydrogens (tertiary/aromatic N) is 1. The predicted molar refractivity (Wildman–Crippen MR) is 126 cm³/mol. The third-order valence-electron chi connectivity index (χ3n) is 4.20. The molecule has 0 aromatic heterocycles.